The number of nitrogens with zero attached hydrogens (tertiary/aromatic N) is 1. The second kappa shape index (κ2) is 5.25. The van der Waals surface area contributed by atoms with Gasteiger partial charge in [-0.15, -0.1) is 0 Å². The fourth-order valence-corrected chi connectivity index (χ4v) is 2.10. The Kier molecular flexibility index (Phi) is 3.69. The third-order valence-corrected chi connectivity index (χ3v) is 3.18. The Hall–Kier alpha value is -1.78. The molecule has 5 heteroatoms. The number of nitro groups is 1. The van der Waals surface area contributed by atoms with Crippen LogP contribution >= 0.6 is 0 Å². The van der Waals surface area contributed by atoms with Crippen LogP contribution in [-0.2, 0) is 0 Å². The molecule has 1 unspecified atom stereocenters. The SMILES string of the molecule is COc1ccc([N+](=O)[O-])cc1NC(C)CC1CC1. The summed E-state index contributed by atoms with van der Waals surface area (Å²) in [4.78, 5) is 10.4. The number of nitrogens with one attached hydrogen (secondary N) is 1. The molecule has 5 nitrogen and oxygen atoms in total. The Bertz CT molecular complexity index is 444. The van der Waals surface area contributed by atoms with Crippen molar-refractivity contribution in [2.75, 3.05) is 12.4 Å². The Morgan fingerprint density at radius 3 is 2.83 bits per heavy atom. The molecule has 1 aliphatic rings. The van der Waals surface area contributed by atoms with Crippen molar-refractivity contribution in [2.45, 2.75) is 32.2 Å². The predicted octanol–water partition coefficient (Wildman–Crippen LogP) is 3.20. The largest absolute Gasteiger partial charge is 0.495 e. The summed E-state index contributed by atoms with van der Waals surface area (Å²) in [6.45, 7) is 2.09. The van der Waals surface area contributed by atoms with Gasteiger partial charge in [-0.05, 0) is 25.3 Å². The smallest absolute Gasteiger partial charge is 0.271 e. The van der Waals surface area contributed by atoms with Crippen molar-refractivity contribution in [2.24, 2.45) is 5.92 Å². The molecule has 0 heterocycles. The fourth-order valence-electron chi connectivity index (χ4n) is 2.10. The first kappa shape index (κ1) is 12.7. The van der Waals surface area contributed by atoms with Crippen molar-refractivity contribution in [3.05, 3.63) is 28.3 Å². The number of non-ortho nitro benzene ring substituents is 1. The van der Waals surface area contributed by atoms with E-state index in [0.29, 0.717) is 17.5 Å². The number of hydrogen-bond acceptors (Lipinski definition) is 4. The molecule has 0 radical (unpaired) electrons. The molecular weight excluding hydrogens is 232 g/mol. The van der Waals surface area contributed by atoms with Gasteiger partial charge in [-0.25, -0.2) is 0 Å². The summed E-state index contributed by atoms with van der Waals surface area (Å²) >= 11 is 0. The maximum atomic E-state index is 10.8. The van der Waals surface area contributed by atoms with E-state index in [-0.39, 0.29) is 5.69 Å². The normalized spacial score (nSPS) is 16.1. The molecule has 0 spiro atoms. The highest BCUT2D eigenvalue weighted by atomic mass is 16.6. The molecule has 1 aromatic rings. The lowest BCUT2D eigenvalue weighted by Crippen LogP contribution is -2.16. The van der Waals surface area contributed by atoms with Gasteiger partial charge in [0.2, 0.25) is 0 Å². The van der Waals surface area contributed by atoms with Crippen LogP contribution in [0.2, 0.25) is 0 Å². The number of anilines is 1. The highest BCUT2D eigenvalue weighted by molar-refractivity contribution is 5.61. The number of rotatable bonds is 6. The quantitative estimate of drug-likeness (QED) is 0.622. The molecule has 1 aromatic carbocycles. The van der Waals surface area contributed by atoms with Gasteiger partial charge in [-0.2, -0.15) is 0 Å². The number of ether oxygens (including phenoxy) is 1. The van der Waals surface area contributed by atoms with Crippen molar-refractivity contribution < 1.29 is 9.66 Å². The first-order valence-corrected chi connectivity index (χ1v) is 6.19. The van der Waals surface area contributed by atoms with Crippen molar-refractivity contribution in [3.63, 3.8) is 0 Å². The molecule has 0 aliphatic heterocycles. The minimum atomic E-state index is -0.393. The van der Waals surface area contributed by atoms with E-state index in [0.717, 1.165) is 12.3 Å². The van der Waals surface area contributed by atoms with Crippen molar-refractivity contribution in [3.8, 4) is 5.75 Å². The molecule has 1 atom stereocenters. The van der Waals surface area contributed by atoms with Gasteiger partial charge in [0.25, 0.3) is 5.69 Å². The van der Waals surface area contributed by atoms with Gasteiger partial charge >= 0.3 is 0 Å². The molecule has 0 bridgehead atoms. The number of hydrogen-bond donors (Lipinski definition) is 1. The van der Waals surface area contributed by atoms with Crippen LogP contribution in [0.25, 0.3) is 0 Å². The van der Waals surface area contributed by atoms with Gasteiger partial charge < -0.3 is 10.1 Å². The van der Waals surface area contributed by atoms with Crippen LogP contribution in [0.3, 0.4) is 0 Å². The predicted molar refractivity (Wildman–Crippen MR) is 70.1 cm³/mol. The van der Waals surface area contributed by atoms with E-state index < -0.39 is 4.92 Å². The highest BCUT2D eigenvalue weighted by Gasteiger charge is 2.24. The van der Waals surface area contributed by atoms with E-state index in [1.807, 2.05) is 0 Å². The molecule has 0 amide bonds. The van der Waals surface area contributed by atoms with Gasteiger partial charge in [-0.3, -0.25) is 10.1 Å². The van der Waals surface area contributed by atoms with Crippen LogP contribution < -0.4 is 10.1 Å². The van der Waals surface area contributed by atoms with Gasteiger partial charge in [0, 0.05) is 18.2 Å². The summed E-state index contributed by atoms with van der Waals surface area (Å²) in [5.74, 6) is 1.46. The Morgan fingerprint density at radius 1 is 1.56 bits per heavy atom. The first-order valence-electron chi connectivity index (χ1n) is 6.19. The van der Waals surface area contributed by atoms with Crippen LogP contribution in [0, 0.1) is 16.0 Å². The van der Waals surface area contributed by atoms with Crippen molar-refractivity contribution >= 4 is 11.4 Å². The monoisotopic (exact) mass is 250 g/mol. The summed E-state index contributed by atoms with van der Waals surface area (Å²) in [5, 5.41) is 14.1. The molecular formula is C13H18N2O3. The van der Waals surface area contributed by atoms with Crippen molar-refractivity contribution in [1.29, 1.82) is 0 Å². The van der Waals surface area contributed by atoms with Gasteiger partial charge in [0.05, 0.1) is 17.7 Å². The standard InChI is InChI=1S/C13H18N2O3/c1-9(7-10-3-4-10)14-12-8-11(15(16)17)5-6-13(12)18-2/h5-6,8-10,14H,3-4,7H2,1-2H3. The number of benzene rings is 1. The summed E-state index contributed by atoms with van der Waals surface area (Å²) in [6.07, 6.45) is 3.71. The van der Waals surface area contributed by atoms with Crippen LogP contribution in [0.15, 0.2) is 18.2 Å². The third kappa shape index (κ3) is 3.12. The number of nitro benzene ring substituents is 1. The average Bonchev–Trinajstić information content (AvgIpc) is 3.12. The van der Waals surface area contributed by atoms with Crippen LogP contribution in [0.1, 0.15) is 26.2 Å². The average molecular weight is 250 g/mol. The molecule has 0 saturated heterocycles. The number of methoxy groups -OCH3 is 1. The summed E-state index contributed by atoms with van der Waals surface area (Å²) in [5.41, 5.74) is 0.775. The minimum absolute atomic E-state index is 0.0805. The van der Waals surface area contributed by atoms with E-state index >= 15 is 0 Å². The maximum absolute atomic E-state index is 10.8. The molecule has 1 fully saturated rings. The molecule has 0 aromatic heterocycles. The summed E-state index contributed by atoms with van der Waals surface area (Å²) in [7, 11) is 1.57. The first-order chi connectivity index (χ1) is 8.60. The van der Waals surface area contributed by atoms with E-state index in [4.69, 9.17) is 4.74 Å². The highest BCUT2D eigenvalue weighted by Crippen LogP contribution is 2.35. The van der Waals surface area contributed by atoms with E-state index in [1.165, 1.54) is 25.0 Å². The Morgan fingerprint density at radius 2 is 2.28 bits per heavy atom. The van der Waals surface area contributed by atoms with Crippen molar-refractivity contribution in [1.82, 2.24) is 0 Å². The van der Waals surface area contributed by atoms with E-state index in [1.54, 1.807) is 13.2 Å². The molecule has 98 valence electrons. The van der Waals surface area contributed by atoms with Gasteiger partial charge in [-0.1, -0.05) is 12.8 Å². The molecule has 18 heavy (non-hydrogen) atoms. The lowest BCUT2D eigenvalue weighted by Gasteiger charge is -2.17. The molecule has 2 rings (SSSR count). The van der Waals surface area contributed by atoms with Crippen LogP contribution in [0.4, 0.5) is 11.4 Å². The second-order valence-electron chi connectivity index (χ2n) is 4.87. The van der Waals surface area contributed by atoms with E-state index in [9.17, 15) is 10.1 Å². The molecule has 1 aliphatic carbocycles. The topological polar surface area (TPSA) is 64.4 Å². The lowest BCUT2D eigenvalue weighted by molar-refractivity contribution is -0.384. The van der Waals surface area contributed by atoms with E-state index in [2.05, 4.69) is 12.2 Å². The zero-order valence-corrected chi connectivity index (χ0v) is 10.7. The third-order valence-electron chi connectivity index (χ3n) is 3.18. The Labute approximate surface area is 106 Å². The summed E-state index contributed by atoms with van der Waals surface area (Å²) in [6, 6.07) is 4.91. The zero-order valence-electron chi connectivity index (χ0n) is 10.7. The van der Waals surface area contributed by atoms with Gasteiger partial charge in [0.1, 0.15) is 5.75 Å². The molecule has 1 saturated carbocycles. The van der Waals surface area contributed by atoms with Crippen LogP contribution in [-0.4, -0.2) is 18.1 Å². The second-order valence-corrected chi connectivity index (χ2v) is 4.87. The maximum Gasteiger partial charge on any atom is 0.271 e. The van der Waals surface area contributed by atoms with Crippen LogP contribution in [0.5, 0.6) is 5.75 Å². The lowest BCUT2D eigenvalue weighted by atomic mass is 10.1. The van der Waals surface area contributed by atoms with Gasteiger partial charge in [0.15, 0.2) is 0 Å². The zero-order chi connectivity index (χ0) is 13.1. The Balaban J connectivity index is 2.12. The summed E-state index contributed by atoms with van der Waals surface area (Å²) < 4.78 is 5.22. The minimum Gasteiger partial charge on any atom is -0.495 e. The molecule has 1 N–H and O–H groups in total. The fraction of sp³-hybridized carbons (Fsp3) is 0.538.